The topological polar surface area (TPSA) is 53.6 Å². The molecule has 3 rings (SSSR count). The minimum absolute atomic E-state index is 0.268. The Hall–Kier alpha value is -2.14. The fourth-order valence-corrected chi connectivity index (χ4v) is 2.47. The highest BCUT2D eigenvalue weighted by atomic mass is 35.5. The molecule has 0 spiro atoms. The number of nitrogens with zero attached hydrogens (tertiary/aromatic N) is 2. The summed E-state index contributed by atoms with van der Waals surface area (Å²) in [5.41, 5.74) is 1.26. The lowest BCUT2D eigenvalue weighted by Gasteiger charge is -2.17. The number of hydrogen-bond acceptors (Lipinski definition) is 3. The third-order valence-electron chi connectivity index (χ3n) is 3.31. The molecule has 4 nitrogen and oxygen atoms in total. The van der Waals surface area contributed by atoms with E-state index in [1.807, 2.05) is 19.9 Å². The number of H-pyrrole nitrogens is 1. The highest BCUT2D eigenvalue weighted by Gasteiger charge is 2.14. The molecule has 0 bridgehead atoms. The number of aromatic nitrogens is 3. The van der Waals surface area contributed by atoms with Crippen LogP contribution in [0.2, 0.25) is 5.02 Å². The van der Waals surface area contributed by atoms with E-state index in [1.165, 1.54) is 12.1 Å². The van der Waals surface area contributed by atoms with E-state index in [9.17, 15) is 4.39 Å². The van der Waals surface area contributed by atoms with Gasteiger partial charge in [-0.15, -0.1) is 0 Å². The minimum Gasteiger partial charge on any atom is -0.363 e. The summed E-state index contributed by atoms with van der Waals surface area (Å²) in [4.78, 5) is 11.7. The number of halogens is 2. The van der Waals surface area contributed by atoms with E-state index in [0.717, 1.165) is 11.0 Å². The maximum atomic E-state index is 13.9. The van der Waals surface area contributed by atoms with Gasteiger partial charge in [0.05, 0.1) is 11.4 Å². The van der Waals surface area contributed by atoms with Gasteiger partial charge in [-0.1, -0.05) is 11.6 Å². The van der Waals surface area contributed by atoms with E-state index in [-0.39, 0.29) is 11.9 Å². The van der Waals surface area contributed by atoms with E-state index < -0.39 is 0 Å². The SMILES string of the molecule is Cc1nc(N[C@@H](C)c2cc(Cl)ccc2F)c2cc[nH]c2n1. The molecule has 0 radical (unpaired) electrons. The van der Waals surface area contributed by atoms with Crippen molar-refractivity contribution in [2.75, 3.05) is 5.32 Å². The van der Waals surface area contributed by atoms with Gasteiger partial charge in [-0.3, -0.25) is 0 Å². The number of aryl methyl sites for hydroxylation is 1. The predicted octanol–water partition coefficient (Wildman–Crippen LogP) is 4.23. The van der Waals surface area contributed by atoms with Crippen LogP contribution in [0.25, 0.3) is 11.0 Å². The Morgan fingerprint density at radius 3 is 2.90 bits per heavy atom. The molecule has 108 valence electrons. The Bertz CT molecular complexity index is 799. The van der Waals surface area contributed by atoms with Crippen molar-refractivity contribution in [1.29, 1.82) is 0 Å². The first-order valence-electron chi connectivity index (χ1n) is 6.58. The van der Waals surface area contributed by atoms with Crippen molar-refractivity contribution in [3.63, 3.8) is 0 Å². The number of benzene rings is 1. The second-order valence-corrected chi connectivity index (χ2v) is 5.33. The van der Waals surface area contributed by atoms with Crippen LogP contribution in [-0.4, -0.2) is 15.0 Å². The smallest absolute Gasteiger partial charge is 0.143 e. The van der Waals surface area contributed by atoms with Crippen molar-refractivity contribution in [1.82, 2.24) is 15.0 Å². The number of fused-ring (bicyclic) bond motifs is 1. The first-order valence-corrected chi connectivity index (χ1v) is 6.95. The van der Waals surface area contributed by atoms with E-state index in [1.54, 1.807) is 12.3 Å². The van der Waals surface area contributed by atoms with E-state index in [0.29, 0.717) is 22.2 Å². The van der Waals surface area contributed by atoms with Gasteiger partial charge in [-0.2, -0.15) is 0 Å². The highest BCUT2D eigenvalue weighted by Crippen LogP contribution is 2.27. The molecule has 0 fully saturated rings. The highest BCUT2D eigenvalue weighted by molar-refractivity contribution is 6.30. The second kappa shape index (κ2) is 5.33. The van der Waals surface area contributed by atoms with Gasteiger partial charge in [-0.25, -0.2) is 14.4 Å². The van der Waals surface area contributed by atoms with Gasteiger partial charge in [0, 0.05) is 16.8 Å². The molecule has 0 saturated carbocycles. The van der Waals surface area contributed by atoms with Crippen LogP contribution in [0.5, 0.6) is 0 Å². The maximum absolute atomic E-state index is 13.9. The van der Waals surface area contributed by atoms with Crippen LogP contribution in [0.1, 0.15) is 24.4 Å². The first kappa shape index (κ1) is 13.8. The first-order chi connectivity index (χ1) is 10.0. The number of aromatic amines is 1. The number of nitrogens with one attached hydrogen (secondary N) is 2. The average molecular weight is 305 g/mol. The summed E-state index contributed by atoms with van der Waals surface area (Å²) in [7, 11) is 0. The zero-order chi connectivity index (χ0) is 15.0. The summed E-state index contributed by atoms with van der Waals surface area (Å²) in [5.74, 6) is 1.02. The Morgan fingerprint density at radius 1 is 1.29 bits per heavy atom. The average Bonchev–Trinajstić information content (AvgIpc) is 2.89. The van der Waals surface area contributed by atoms with Crippen LogP contribution >= 0.6 is 11.6 Å². The van der Waals surface area contributed by atoms with Gasteiger partial charge in [0.15, 0.2) is 0 Å². The van der Waals surface area contributed by atoms with Gasteiger partial charge in [0.2, 0.25) is 0 Å². The van der Waals surface area contributed by atoms with Gasteiger partial charge < -0.3 is 10.3 Å². The minimum atomic E-state index is -0.296. The van der Waals surface area contributed by atoms with Gasteiger partial charge >= 0.3 is 0 Å². The second-order valence-electron chi connectivity index (χ2n) is 4.89. The summed E-state index contributed by atoms with van der Waals surface area (Å²) < 4.78 is 13.9. The van der Waals surface area contributed by atoms with Crippen molar-refractivity contribution >= 4 is 28.5 Å². The zero-order valence-corrected chi connectivity index (χ0v) is 12.4. The molecule has 2 heterocycles. The van der Waals surface area contributed by atoms with Crippen LogP contribution in [0, 0.1) is 12.7 Å². The largest absolute Gasteiger partial charge is 0.363 e. The fourth-order valence-electron chi connectivity index (χ4n) is 2.29. The van der Waals surface area contributed by atoms with E-state index >= 15 is 0 Å². The normalized spacial score (nSPS) is 12.6. The van der Waals surface area contributed by atoms with Gasteiger partial charge in [-0.05, 0) is 38.1 Å². The summed E-state index contributed by atoms with van der Waals surface area (Å²) >= 11 is 5.94. The lowest BCUT2D eigenvalue weighted by atomic mass is 10.1. The van der Waals surface area contributed by atoms with Crippen molar-refractivity contribution < 1.29 is 4.39 Å². The monoisotopic (exact) mass is 304 g/mol. The van der Waals surface area contributed by atoms with Crippen LogP contribution in [0.4, 0.5) is 10.2 Å². The molecule has 2 N–H and O–H groups in total. The molecule has 21 heavy (non-hydrogen) atoms. The quantitative estimate of drug-likeness (QED) is 0.761. The van der Waals surface area contributed by atoms with Crippen molar-refractivity contribution in [3.8, 4) is 0 Å². The van der Waals surface area contributed by atoms with Crippen LogP contribution in [-0.2, 0) is 0 Å². The summed E-state index contributed by atoms with van der Waals surface area (Å²) in [6, 6.07) is 6.14. The lowest BCUT2D eigenvalue weighted by molar-refractivity contribution is 0.600. The van der Waals surface area contributed by atoms with Crippen molar-refractivity contribution in [2.24, 2.45) is 0 Å². The number of rotatable bonds is 3. The summed E-state index contributed by atoms with van der Waals surface area (Å²) in [5, 5.41) is 4.60. The predicted molar refractivity (Wildman–Crippen MR) is 82.1 cm³/mol. The lowest BCUT2D eigenvalue weighted by Crippen LogP contribution is -2.11. The third kappa shape index (κ3) is 2.69. The molecule has 0 aliphatic carbocycles. The van der Waals surface area contributed by atoms with Gasteiger partial charge in [0.1, 0.15) is 23.1 Å². The standard InChI is InChI=1S/C15H14ClFN4/c1-8(12-7-10(16)3-4-13(12)17)19-15-11-5-6-18-14(11)20-9(2)21-15/h3-8H,1-2H3,(H2,18,19,20,21)/t8-/m0/s1. The molecule has 6 heteroatoms. The van der Waals surface area contributed by atoms with Gasteiger partial charge in [0.25, 0.3) is 0 Å². The molecular formula is C15H14ClFN4. The zero-order valence-electron chi connectivity index (χ0n) is 11.6. The Kier molecular flexibility index (Phi) is 3.51. The number of hydrogen-bond donors (Lipinski definition) is 2. The molecule has 2 aromatic heterocycles. The molecule has 1 atom stereocenters. The molecule has 0 unspecified atom stereocenters. The molecule has 0 amide bonds. The summed E-state index contributed by atoms with van der Waals surface area (Å²) in [6.45, 7) is 3.68. The van der Waals surface area contributed by atoms with Crippen LogP contribution in [0.15, 0.2) is 30.5 Å². The molecule has 1 aromatic carbocycles. The van der Waals surface area contributed by atoms with Crippen LogP contribution < -0.4 is 5.32 Å². The molecular weight excluding hydrogens is 291 g/mol. The summed E-state index contributed by atoms with van der Waals surface area (Å²) in [6.07, 6.45) is 1.80. The third-order valence-corrected chi connectivity index (χ3v) is 3.54. The molecule has 3 aromatic rings. The van der Waals surface area contributed by atoms with Crippen LogP contribution in [0.3, 0.4) is 0 Å². The Balaban J connectivity index is 1.98. The van der Waals surface area contributed by atoms with Crippen molar-refractivity contribution in [2.45, 2.75) is 19.9 Å². The number of anilines is 1. The van der Waals surface area contributed by atoms with E-state index in [2.05, 4.69) is 20.3 Å². The van der Waals surface area contributed by atoms with E-state index in [4.69, 9.17) is 11.6 Å². The maximum Gasteiger partial charge on any atom is 0.143 e. The van der Waals surface area contributed by atoms with Crippen molar-refractivity contribution in [3.05, 3.63) is 52.7 Å². The Morgan fingerprint density at radius 2 is 2.10 bits per heavy atom. The molecule has 0 saturated heterocycles. The fraction of sp³-hybridized carbons (Fsp3) is 0.200. The molecule has 0 aliphatic heterocycles. The molecule has 0 aliphatic rings. The Labute approximate surface area is 126 Å².